The number of amides is 1. The minimum Gasteiger partial charge on any atom is -0.381 e. The first-order valence-electron chi connectivity index (χ1n) is 11.6. The van der Waals surface area contributed by atoms with Gasteiger partial charge in [-0.25, -0.2) is 0 Å². The zero-order valence-corrected chi connectivity index (χ0v) is 21.3. The number of carbonyl (C=O) groups excluding carboxylic acids is 1. The molecule has 1 amide bonds. The van der Waals surface area contributed by atoms with Crippen molar-refractivity contribution in [1.82, 2.24) is 19.7 Å². The molecule has 184 valence electrons. The van der Waals surface area contributed by atoms with E-state index in [9.17, 15) is 9.90 Å². The largest absolute Gasteiger partial charge is 0.381 e. The Hall–Kier alpha value is -3.52. The molecular weight excluding hydrogens is 476 g/mol. The third-order valence-electron chi connectivity index (χ3n) is 6.89. The molecule has 3 heterocycles. The Labute approximate surface area is 214 Å². The summed E-state index contributed by atoms with van der Waals surface area (Å²) in [7, 11) is 3.38. The van der Waals surface area contributed by atoms with Crippen molar-refractivity contribution in [2.75, 3.05) is 7.11 Å². The number of aliphatic hydroxyl groups is 1. The first-order valence-corrected chi connectivity index (χ1v) is 12.0. The summed E-state index contributed by atoms with van der Waals surface area (Å²) >= 11 is 6.18. The van der Waals surface area contributed by atoms with E-state index in [0.717, 1.165) is 16.8 Å². The molecule has 8 heteroatoms. The number of aromatic nitrogens is 3. The smallest absolute Gasteiger partial charge is 0.257 e. The van der Waals surface area contributed by atoms with Gasteiger partial charge in [0.15, 0.2) is 5.72 Å². The highest BCUT2D eigenvalue weighted by atomic mass is 35.5. The predicted octanol–water partition coefficient (Wildman–Crippen LogP) is 4.54. The van der Waals surface area contributed by atoms with Crippen LogP contribution in [0.2, 0.25) is 5.02 Å². The number of fused-ring (bicyclic) bond motifs is 1. The van der Waals surface area contributed by atoms with Gasteiger partial charge in [-0.05, 0) is 49.2 Å². The lowest BCUT2D eigenvalue weighted by atomic mass is 9.86. The van der Waals surface area contributed by atoms with Crippen LogP contribution in [0.5, 0.6) is 0 Å². The van der Waals surface area contributed by atoms with Crippen LogP contribution < -0.4 is 0 Å². The second-order valence-electron chi connectivity index (χ2n) is 9.31. The van der Waals surface area contributed by atoms with Gasteiger partial charge in [-0.3, -0.25) is 19.4 Å². The number of hydrogen-bond acceptors (Lipinski definition) is 5. The number of aryl methyl sites for hydroxylation is 2. The lowest BCUT2D eigenvalue weighted by molar-refractivity contribution is -0.0868. The molecule has 4 aromatic rings. The monoisotopic (exact) mass is 502 g/mol. The average molecular weight is 503 g/mol. The summed E-state index contributed by atoms with van der Waals surface area (Å²) in [4.78, 5) is 20.2. The van der Waals surface area contributed by atoms with Crippen LogP contribution in [0.25, 0.3) is 0 Å². The molecule has 1 N–H and O–H groups in total. The van der Waals surface area contributed by atoms with Crippen LogP contribution in [0, 0.1) is 6.92 Å². The second-order valence-corrected chi connectivity index (χ2v) is 9.74. The van der Waals surface area contributed by atoms with Crippen molar-refractivity contribution in [2.24, 2.45) is 7.05 Å². The fourth-order valence-corrected chi connectivity index (χ4v) is 4.98. The number of carbonyl (C=O) groups is 1. The Balaban J connectivity index is 1.67. The predicted molar refractivity (Wildman–Crippen MR) is 136 cm³/mol. The highest BCUT2D eigenvalue weighted by Crippen LogP contribution is 2.47. The molecule has 0 spiro atoms. The van der Waals surface area contributed by atoms with E-state index in [1.54, 1.807) is 67.5 Å². The average Bonchev–Trinajstić information content (AvgIpc) is 3.41. The van der Waals surface area contributed by atoms with Gasteiger partial charge in [0.05, 0.1) is 18.4 Å². The number of pyridine rings is 1. The summed E-state index contributed by atoms with van der Waals surface area (Å²) in [5.41, 5.74) is 2.36. The number of hydrogen-bond donors (Lipinski definition) is 1. The van der Waals surface area contributed by atoms with Crippen molar-refractivity contribution in [3.63, 3.8) is 0 Å². The van der Waals surface area contributed by atoms with Crippen molar-refractivity contribution in [1.29, 1.82) is 0 Å². The van der Waals surface area contributed by atoms with Crippen LogP contribution in [0.4, 0.5) is 0 Å². The van der Waals surface area contributed by atoms with Gasteiger partial charge in [-0.2, -0.15) is 5.10 Å². The maximum absolute atomic E-state index is 14.0. The van der Waals surface area contributed by atoms with Crippen LogP contribution >= 0.6 is 11.6 Å². The molecule has 1 aliphatic rings. The number of halogens is 1. The van der Waals surface area contributed by atoms with E-state index < -0.39 is 11.3 Å². The number of ether oxygens (including phenoxy) is 1. The van der Waals surface area contributed by atoms with Crippen molar-refractivity contribution in [3.05, 3.63) is 117 Å². The summed E-state index contributed by atoms with van der Waals surface area (Å²) in [5.74, 6) is -0.215. The maximum atomic E-state index is 14.0. The van der Waals surface area contributed by atoms with Crippen LogP contribution in [0.1, 0.15) is 50.8 Å². The third kappa shape index (κ3) is 3.80. The van der Waals surface area contributed by atoms with Crippen LogP contribution in [0.3, 0.4) is 0 Å². The molecule has 0 aliphatic carbocycles. The zero-order chi connectivity index (χ0) is 25.7. The fourth-order valence-electron chi connectivity index (χ4n) is 4.85. The molecular formula is C28H27ClN4O3. The molecule has 5 rings (SSSR count). The molecule has 1 unspecified atom stereocenters. The molecule has 2 aromatic heterocycles. The summed E-state index contributed by atoms with van der Waals surface area (Å²) in [6.07, 6.45) is 5.16. The molecule has 36 heavy (non-hydrogen) atoms. The van der Waals surface area contributed by atoms with Crippen molar-refractivity contribution in [2.45, 2.75) is 31.7 Å². The number of methoxy groups -OCH3 is 1. The Morgan fingerprint density at radius 3 is 2.44 bits per heavy atom. The van der Waals surface area contributed by atoms with Gasteiger partial charge in [0.25, 0.3) is 5.91 Å². The van der Waals surface area contributed by atoms with E-state index in [2.05, 4.69) is 10.1 Å². The van der Waals surface area contributed by atoms with Gasteiger partial charge in [-0.15, -0.1) is 0 Å². The molecule has 2 atom stereocenters. The highest BCUT2D eigenvalue weighted by Gasteiger charge is 2.52. The molecule has 7 nitrogen and oxygen atoms in total. The molecule has 1 aliphatic heterocycles. The van der Waals surface area contributed by atoms with E-state index in [-0.39, 0.29) is 12.5 Å². The molecule has 0 saturated heterocycles. The molecule has 0 saturated carbocycles. The van der Waals surface area contributed by atoms with Crippen LogP contribution in [-0.4, -0.2) is 37.8 Å². The summed E-state index contributed by atoms with van der Waals surface area (Å²) < 4.78 is 7.84. The molecule has 2 aromatic carbocycles. The Morgan fingerprint density at radius 1 is 1.08 bits per heavy atom. The van der Waals surface area contributed by atoms with Gasteiger partial charge in [0, 0.05) is 53.8 Å². The minimum atomic E-state index is -1.34. The van der Waals surface area contributed by atoms with Crippen molar-refractivity contribution < 1.29 is 14.6 Å². The summed E-state index contributed by atoms with van der Waals surface area (Å²) in [6.45, 7) is 3.90. The van der Waals surface area contributed by atoms with Gasteiger partial charge in [-0.1, -0.05) is 41.9 Å². The highest BCUT2D eigenvalue weighted by molar-refractivity contribution is 6.30. The third-order valence-corrected chi connectivity index (χ3v) is 7.15. The maximum Gasteiger partial charge on any atom is 0.257 e. The van der Waals surface area contributed by atoms with Gasteiger partial charge in [0.1, 0.15) is 5.60 Å². The van der Waals surface area contributed by atoms with Crippen LogP contribution in [-0.2, 0) is 29.7 Å². The van der Waals surface area contributed by atoms with E-state index in [1.165, 1.54) is 0 Å². The van der Waals surface area contributed by atoms with E-state index in [1.807, 2.05) is 43.3 Å². The van der Waals surface area contributed by atoms with Gasteiger partial charge < -0.3 is 9.84 Å². The first-order chi connectivity index (χ1) is 17.2. The number of nitrogens with zero attached hydrogens (tertiary/aromatic N) is 4. The van der Waals surface area contributed by atoms with Crippen molar-refractivity contribution in [3.8, 4) is 0 Å². The SMILES string of the molecule is CO[C@]1(c2ccc(Cl)cc2)c2ccc(C(C)(O)c3cnn(C)c3)cc2C(=O)N1Cc1ccc(C)cn1. The number of benzene rings is 2. The summed E-state index contributed by atoms with van der Waals surface area (Å²) in [5, 5.41) is 16.2. The Kier molecular flexibility index (Phi) is 5.95. The Bertz CT molecular complexity index is 1430. The van der Waals surface area contributed by atoms with Gasteiger partial charge in [0.2, 0.25) is 0 Å². The standard InChI is InChI=1S/C28H27ClN4O3/c1-18-5-11-23(30-14-18)17-33-26(34)24-13-20(27(2,35)21-15-31-32(3)16-21)8-12-25(24)28(33,36-4)19-6-9-22(29)10-7-19/h5-16,35H,17H2,1-4H3/t27?,28-/m1/s1. The van der Waals surface area contributed by atoms with E-state index in [0.29, 0.717) is 27.3 Å². The van der Waals surface area contributed by atoms with E-state index in [4.69, 9.17) is 16.3 Å². The number of rotatable bonds is 6. The quantitative estimate of drug-likeness (QED) is 0.419. The second kappa shape index (κ2) is 8.85. The zero-order valence-electron chi connectivity index (χ0n) is 20.6. The Morgan fingerprint density at radius 2 is 1.83 bits per heavy atom. The molecule has 0 radical (unpaired) electrons. The normalized spacial score (nSPS) is 18.8. The minimum absolute atomic E-state index is 0.215. The molecule has 0 bridgehead atoms. The topological polar surface area (TPSA) is 80.5 Å². The van der Waals surface area contributed by atoms with E-state index >= 15 is 0 Å². The van der Waals surface area contributed by atoms with Crippen molar-refractivity contribution >= 4 is 17.5 Å². The molecule has 0 fully saturated rings. The first kappa shape index (κ1) is 24.2. The fraction of sp³-hybridized carbons (Fsp3) is 0.250. The summed E-state index contributed by atoms with van der Waals surface area (Å²) in [6, 6.07) is 16.6. The van der Waals surface area contributed by atoms with Crippen LogP contribution in [0.15, 0.2) is 73.2 Å². The van der Waals surface area contributed by atoms with Gasteiger partial charge >= 0.3 is 0 Å². The lowest BCUT2D eigenvalue weighted by Crippen LogP contribution is -2.45. The lowest BCUT2D eigenvalue weighted by Gasteiger charge is -2.38.